The Kier molecular flexibility index (Phi) is 9.01. The second-order valence-corrected chi connectivity index (χ2v) is 8.40. The van der Waals surface area contributed by atoms with Crippen LogP contribution in [-0.2, 0) is 0 Å². The summed E-state index contributed by atoms with van der Waals surface area (Å²) in [5.41, 5.74) is 1.79. The van der Waals surface area contributed by atoms with Gasteiger partial charge in [-0.1, -0.05) is 32.3 Å². The lowest BCUT2D eigenvalue weighted by molar-refractivity contribution is 0.101. The number of hydrogen-bond acceptors (Lipinski definition) is 3. The van der Waals surface area contributed by atoms with E-state index >= 15 is 0 Å². The van der Waals surface area contributed by atoms with Crippen molar-refractivity contribution >= 4 is 39.1 Å². The van der Waals surface area contributed by atoms with Crippen LogP contribution in [0, 0.1) is 5.82 Å². The lowest BCUT2D eigenvalue weighted by Crippen LogP contribution is -2.14. The van der Waals surface area contributed by atoms with E-state index in [0.29, 0.717) is 39.3 Å². The van der Waals surface area contributed by atoms with Crippen molar-refractivity contribution in [3.05, 3.63) is 88.1 Å². The summed E-state index contributed by atoms with van der Waals surface area (Å²) in [5, 5.41) is 5.51. The molecule has 0 atom stereocenters. The maximum atomic E-state index is 13.0. The Morgan fingerprint density at radius 2 is 1.55 bits per heavy atom. The van der Waals surface area contributed by atoms with E-state index in [-0.39, 0.29) is 17.6 Å². The van der Waals surface area contributed by atoms with Crippen LogP contribution >= 0.6 is 15.9 Å². The molecule has 3 aromatic carbocycles. The van der Waals surface area contributed by atoms with Gasteiger partial charge >= 0.3 is 0 Å². The molecule has 0 saturated heterocycles. The zero-order valence-corrected chi connectivity index (χ0v) is 20.0. The quantitative estimate of drug-likeness (QED) is 0.286. The van der Waals surface area contributed by atoms with Crippen molar-refractivity contribution in [2.45, 2.75) is 32.6 Å². The van der Waals surface area contributed by atoms with E-state index < -0.39 is 0 Å². The Morgan fingerprint density at radius 3 is 2.24 bits per heavy atom. The van der Waals surface area contributed by atoms with E-state index in [1.54, 1.807) is 42.5 Å². The van der Waals surface area contributed by atoms with Crippen LogP contribution in [-0.4, -0.2) is 18.4 Å². The molecule has 33 heavy (non-hydrogen) atoms. The number of anilines is 2. The van der Waals surface area contributed by atoms with Crippen LogP contribution in [0.4, 0.5) is 15.8 Å². The predicted octanol–water partition coefficient (Wildman–Crippen LogP) is 7.05. The first-order valence-electron chi connectivity index (χ1n) is 10.9. The van der Waals surface area contributed by atoms with Crippen LogP contribution in [0.25, 0.3) is 0 Å². The molecule has 172 valence electrons. The minimum absolute atomic E-state index is 0.304. The molecule has 0 spiro atoms. The molecule has 3 aromatic rings. The van der Waals surface area contributed by atoms with E-state index in [1.165, 1.54) is 37.1 Å². The third-order valence-electron chi connectivity index (χ3n) is 4.93. The van der Waals surface area contributed by atoms with Crippen molar-refractivity contribution in [3.63, 3.8) is 0 Å². The van der Waals surface area contributed by atoms with E-state index in [4.69, 9.17) is 4.74 Å². The Balaban J connectivity index is 1.60. The van der Waals surface area contributed by atoms with Gasteiger partial charge in [-0.2, -0.15) is 0 Å². The van der Waals surface area contributed by atoms with Gasteiger partial charge < -0.3 is 15.4 Å². The first-order valence-corrected chi connectivity index (χ1v) is 11.7. The SMILES string of the molecule is CCCCCCOc1ccc(C(=O)Nc2cccc(C(=O)Nc3ccc(F)cc3)c2)cc1Br. The topological polar surface area (TPSA) is 67.4 Å². The highest BCUT2D eigenvalue weighted by Crippen LogP contribution is 2.27. The molecule has 0 aliphatic carbocycles. The van der Waals surface area contributed by atoms with Crippen molar-refractivity contribution in [1.82, 2.24) is 0 Å². The van der Waals surface area contributed by atoms with Gasteiger partial charge in [0.05, 0.1) is 11.1 Å². The van der Waals surface area contributed by atoms with Gasteiger partial charge in [-0.15, -0.1) is 0 Å². The van der Waals surface area contributed by atoms with Gasteiger partial charge in [-0.05, 0) is 83.0 Å². The molecule has 7 heteroatoms. The molecule has 0 saturated carbocycles. The molecule has 5 nitrogen and oxygen atoms in total. The van der Waals surface area contributed by atoms with Crippen LogP contribution in [0.1, 0.15) is 53.3 Å². The second-order valence-electron chi connectivity index (χ2n) is 7.55. The molecular weight excluding hydrogens is 487 g/mol. The molecule has 2 N–H and O–H groups in total. The summed E-state index contributed by atoms with van der Waals surface area (Å²) in [6, 6.07) is 17.3. The molecule has 0 aliphatic rings. The third-order valence-corrected chi connectivity index (χ3v) is 5.55. The lowest BCUT2D eigenvalue weighted by Gasteiger charge is -2.11. The van der Waals surface area contributed by atoms with Crippen molar-refractivity contribution in [2.75, 3.05) is 17.2 Å². The molecule has 0 heterocycles. The molecule has 0 unspecified atom stereocenters. The summed E-state index contributed by atoms with van der Waals surface area (Å²) < 4.78 is 19.5. The van der Waals surface area contributed by atoms with Gasteiger partial charge in [-0.3, -0.25) is 9.59 Å². The number of halogens is 2. The van der Waals surface area contributed by atoms with Crippen molar-refractivity contribution in [2.24, 2.45) is 0 Å². The van der Waals surface area contributed by atoms with Gasteiger partial charge in [0.25, 0.3) is 11.8 Å². The average molecular weight is 513 g/mol. The number of rotatable bonds is 10. The largest absolute Gasteiger partial charge is 0.492 e. The number of carbonyl (C=O) groups is 2. The van der Waals surface area contributed by atoms with E-state index in [2.05, 4.69) is 33.5 Å². The van der Waals surface area contributed by atoms with Crippen LogP contribution in [0.5, 0.6) is 5.75 Å². The Hall–Kier alpha value is -3.19. The number of unbranched alkanes of at least 4 members (excludes halogenated alkanes) is 3. The van der Waals surface area contributed by atoms with Crippen LogP contribution in [0.15, 0.2) is 71.2 Å². The zero-order chi connectivity index (χ0) is 23.6. The monoisotopic (exact) mass is 512 g/mol. The summed E-state index contributed by atoms with van der Waals surface area (Å²) in [4.78, 5) is 25.2. The van der Waals surface area contributed by atoms with Gasteiger partial charge in [-0.25, -0.2) is 4.39 Å². The number of ether oxygens (including phenoxy) is 1. The maximum Gasteiger partial charge on any atom is 0.255 e. The zero-order valence-electron chi connectivity index (χ0n) is 18.4. The van der Waals surface area contributed by atoms with Crippen molar-refractivity contribution < 1.29 is 18.7 Å². The lowest BCUT2D eigenvalue weighted by atomic mass is 10.1. The average Bonchev–Trinajstić information content (AvgIpc) is 2.81. The number of benzene rings is 3. The summed E-state index contributed by atoms with van der Waals surface area (Å²) in [5.74, 6) is -0.347. The standard InChI is InChI=1S/C26H26BrFN2O3/c1-2-3-4-5-15-33-24-14-9-19(17-23(24)27)26(32)30-22-8-6-7-18(16-22)25(31)29-21-12-10-20(28)11-13-21/h6-14,16-17H,2-5,15H2,1H3,(H,29,31)(H,30,32). The normalized spacial score (nSPS) is 10.5. The maximum absolute atomic E-state index is 13.0. The fraction of sp³-hybridized carbons (Fsp3) is 0.231. The fourth-order valence-corrected chi connectivity index (χ4v) is 3.64. The molecule has 0 fully saturated rings. The van der Waals surface area contributed by atoms with Crippen molar-refractivity contribution in [3.8, 4) is 5.75 Å². The summed E-state index contributed by atoms with van der Waals surface area (Å²) in [6.45, 7) is 2.80. The summed E-state index contributed by atoms with van der Waals surface area (Å²) >= 11 is 3.47. The third kappa shape index (κ3) is 7.43. The number of hydrogen-bond donors (Lipinski definition) is 2. The highest BCUT2D eigenvalue weighted by molar-refractivity contribution is 9.10. The highest BCUT2D eigenvalue weighted by atomic mass is 79.9. The van der Waals surface area contributed by atoms with Crippen molar-refractivity contribution in [1.29, 1.82) is 0 Å². The van der Waals surface area contributed by atoms with Gasteiger partial charge in [0, 0.05) is 22.5 Å². The minimum Gasteiger partial charge on any atom is -0.492 e. The van der Waals surface area contributed by atoms with Gasteiger partial charge in [0.15, 0.2) is 0 Å². The Bertz CT molecular complexity index is 1100. The van der Waals surface area contributed by atoms with Crippen LogP contribution in [0.3, 0.4) is 0 Å². The molecule has 0 aromatic heterocycles. The number of carbonyl (C=O) groups excluding carboxylic acids is 2. The first kappa shape index (κ1) is 24.5. The highest BCUT2D eigenvalue weighted by Gasteiger charge is 2.12. The Morgan fingerprint density at radius 1 is 0.848 bits per heavy atom. The molecule has 0 aliphatic heterocycles. The molecular formula is C26H26BrFN2O3. The second kappa shape index (κ2) is 12.2. The van der Waals surface area contributed by atoms with E-state index in [9.17, 15) is 14.0 Å². The van der Waals surface area contributed by atoms with E-state index in [1.807, 2.05) is 0 Å². The molecule has 0 radical (unpaired) electrons. The van der Waals surface area contributed by atoms with Gasteiger partial charge in [0.1, 0.15) is 11.6 Å². The van der Waals surface area contributed by atoms with Gasteiger partial charge in [0.2, 0.25) is 0 Å². The van der Waals surface area contributed by atoms with Crippen LogP contribution in [0.2, 0.25) is 0 Å². The minimum atomic E-state index is -0.379. The number of nitrogens with one attached hydrogen (secondary N) is 2. The first-order chi connectivity index (χ1) is 16.0. The summed E-state index contributed by atoms with van der Waals surface area (Å²) in [6.07, 6.45) is 4.50. The van der Waals surface area contributed by atoms with E-state index in [0.717, 1.165) is 12.8 Å². The number of amides is 2. The predicted molar refractivity (Wildman–Crippen MR) is 133 cm³/mol. The molecule has 3 rings (SSSR count). The summed E-state index contributed by atoms with van der Waals surface area (Å²) in [7, 11) is 0. The fourth-order valence-electron chi connectivity index (χ4n) is 3.15. The Labute approximate surface area is 201 Å². The molecule has 0 bridgehead atoms. The smallest absolute Gasteiger partial charge is 0.255 e. The van der Waals surface area contributed by atoms with Crippen LogP contribution < -0.4 is 15.4 Å². The molecule has 2 amide bonds.